The number of hydrogen-bond donors (Lipinski definition) is 1. The zero-order valence-electron chi connectivity index (χ0n) is 24.5. The number of esters is 1. The summed E-state index contributed by atoms with van der Waals surface area (Å²) in [5.41, 5.74) is -0.269. The Hall–Kier alpha value is -3.07. The van der Waals surface area contributed by atoms with E-state index in [4.69, 9.17) is 16.3 Å². The lowest BCUT2D eigenvalue weighted by molar-refractivity contribution is -0.143. The Balaban J connectivity index is 1.36. The van der Waals surface area contributed by atoms with Crippen LogP contribution in [0, 0.1) is 5.82 Å². The van der Waals surface area contributed by atoms with Crippen LogP contribution in [0.4, 0.5) is 34.3 Å². The fourth-order valence-corrected chi connectivity index (χ4v) is 6.72. The summed E-state index contributed by atoms with van der Waals surface area (Å²) in [7, 11) is 0. The fourth-order valence-electron chi connectivity index (χ4n) is 5.48. The number of thiazole rings is 1. The summed E-state index contributed by atoms with van der Waals surface area (Å²) in [5.74, 6) is -0.837. The Labute approximate surface area is 262 Å². The van der Waals surface area contributed by atoms with Gasteiger partial charge in [0.25, 0.3) is 0 Å². The van der Waals surface area contributed by atoms with Gasteiger partial charge in [-0.2, -0.15) is 17.6 Å². The molecule has 1 atom stereocenters. The van der Waals surface area contributed by atoms with Crippen molar-refractivity contribution in [3.8, 4) is 11.3 Å². The molecule has 1 aromatic carbocycles. The van der Waals surface area contributed by atoms with E-state index >= 15 is 4.39 Å². The lowest BCUT2D eigenvalue weighted by Gasteiger charge is -2.35. The molecule has 3 aromatic rings. The summed E-state index contributed by atoms with van der Waals surface area (Å²) in [6, 6.07) is 3.70. The Kier molecular flexibility index (Phi) is 10.2. The maximum atomic E-state index is 15.7. The van der Waals surface area contributed by atoms with Crippen molar-refractivity contribution >= 4 is 45.7 Å². The van der Waals surface area contributed by atoms with Crippen LogP contribution in [0.2, 0.25) is 5.02 Å². The van der Waals surface area contributed by atoms with Gasteiger partial charge in [0, 0.05) is 60.8 Å². The Morgan fingerprint density at radius 1 is 1.16 bits per heavy atom. The number of aromatic nitrogens is 3. The number of rotatable bonds is 10. The zero-order valence-corrected chi connectivity index (χ0v) is 26.0. The standard InChI is InChI=1S/C29H34ClF4N7O2S/c1-3-43-23(42)6-8-39-9-11-40(12-10-39)27-24(31)26(35-17-36-27)38-28-37-25(22(44-28)16-41-7-4-5-18(41)2)19-13-20(29(32,33)34)15-21(30)14-19/h13-15,17-18H,3-12,16H2,1-2H3,(H,35,36,37,38)/t18-/m1/s1. The van der Waals surface area contributed by atoms with E-state index in [1.807, 2.05) is 4.90 Å². The highest BCUT2D eigenvalue weighted by Gasteiger charge is 2.32. The molecule has 238 valence electrons. The van der Waals surface area contributed by atoms with E-state index in [0.717, 1.165) is 36.4 Å². The maximum Gasteiger partial charge on any atom is 0.416 e. The largest absolute Gasteiger partial charge is 0.466 e. The van der Waals surface area contributed by atoms with E-state index < -0.39 is 17.6 Å². The first-order valence-electron chi connectivity index (χ1n) is 14.5. The number of likely N-dealkylation sites (tertiary alicyclic amines) is 1. The summed E-state index contributed by atoms with van der Waals surface area (Å²) in [6.07, 6.45) is -0.951. The molecule has 2 aliphatic heterocycles. The minimum Gasteiger partial charge on any atom is -0.466 e. The van der Waals surface area contributed by atoms with Crippen LogP contribution in [0.5, 0.6) is 0 Å². The van der Waals surface area contributed by atoms with Crippen molar-refractivity contribution in [1.29, 1.82) is 0 Å². The Morgan fingerprint density at radius 3 is 2.61 bits per heavy atom. The van der Waals surface area contributed by atoms with Gasteiger partial charge in [-0.25, -0.2) is 15.0 Å². The molecule has 0 unspecified atom stereocenters. The second kappa shape index (κ2) is 13.9. The normalized spacial score (nSPS) is 18.2. The van der Waals surface area contributed by atoms with Crippen molar-refractivity contribution in [2.75, 3.05) is 56.1 Å². The molecule has 1 N–H and O–H groups in total. The SMILES string of the molecule is CCOC(=O)CCN1CCN(c2ncnc(Nc3nc(-c4cc(Cl)cc(C(F)(F)F)c4)c(CN4CCC[C@H]4C)s3)c2F)CC1. The minimum atomic E-state index is -4.58. The van der Waals surface area contributed by atoms with E-state index in [1.54, 1.807) is 6.92 Å². The zero-order chi connectivity index (χ0) is 31.4. The van der Waals surface area contributed by atoms with Crippen LogP contribution in [0.1, 0.15) is 43.6 Å². The van der Waals surface area contributed by atoms with Crippen molar-refractivity contribution in [3.63, 3.8) is 0 Å². The molecule has 0 radical (unpaired) electrons. The molecule has 15 heteroatoms. The van der Waals surface area contributed by atoms with Gasteiger partial charge in [0.15, 0.2) is 16.8 Å². The van der Waals surface area contributed by atoms with Gasteiger partial charge in [0.1, 0.15) is 6.33 Å². The molecule has 5 rings (SSSR count). The van der Waals surface area contributed by atoms with Crippen molar-refractivity contribution in [3.05, 3.63) is 45.8 Å². The second-order valence-corrected chi connectivity index (χ2v) is 12.4. The van der Waals surface area contributed by atoms with Crippen LogP contribution in [0.25, 0.3) is 11.3 Å². The van der Waals surface area contributed by atoms with E-state index in [9.17, 15) is 18.0 Å². The van der Waals surface area contributed by atoms with Crippen molar-refractivity contribution in [1.82, 2.24) is 24.8 Å². The predicted molar refractivity (Wildman–Crippen MR) is 162 cm³/mol. The van der Waals surface area contributed by atoms with Crippen LogP contribution in [0.15, 0.2) is 24.5 Å². The molecule has 0 aliphatic carbocycles. The molecule has 4 heterocycles. The van der Waals surface area contributed by atoms with Crippen molar-refractivity contribution in [2.24, 2.45) is 0 Å². The van der Waals surface area contributed by atoms with E-state index in [0.29, 0.717) is 69.2 Å². The number of alkyl halides is 3. The number of anilines is 3. The number of benzene rings is 1. The lowest BCUT2D eigenvalue weighted by Crippen LogP contribution is -2.47. The first-order chi connectivity index (χ1) is 21.0. The maximum absolute atomic E-state index is 15.7. The number of ether oxygens (including phenoxy) is 1. The van der Waals surface area contributed by atoms with Crippen LogP contribution < -0.4 is 10.2 Å². The summed E-state index contributed by atoms with van der Waals surface area (Å²) < 4.78 is 61.6. The molecule has 2 fully saturated rings. The minimum absolute atomic E-state index is 0.0506. The van der Waals surface area contributed by atoms with Gasteiger partial charge in [-0.15, -0.1) is 0 Å². The molecular weight excluding hydrogens is 622 g/mol. The molecule has 0 amide bonds. The number of nitrogens with zero attached hydrogens (tertiary/aromatic N) is 6. The van der Waals surface area contributed by atoms with Gasteiger partial charge in [0.2, 0.25) is 5.82 Å². The van der Waals surface area contributed by atoms with E-state index in [-0.39, 0.29) is 28.2 Å². The summed E-state index contributed by atoms with van der Waals surface area (Å²) >= 11 is 7.35. The molecule has 2 aliphatic rings. The van der Waals surface area contributed by atoms with Crippen LogP contribution >= 0.6 is 22.9 Å². The van der Waals surface area contributed by atoms with E-state index in [2.05, 4.69) is 37.0 Å². The monoisotopic (exact) mass is 655 g/mol. The number of nitrogens with one attached hydrogen (secondary N) is 1. The second-order valence-electron chi connectivity index (χ2n) is 10.8. The fraction of sp³-hybridized carbons (Fsp3) is 0.517. The number of carbonyl (C=O) groups excluding carboxylic acids is 1. The van der Waals surface area contributed by atoms with Crippen molar-refractivity contribution < 1.29 is 27.1 Å². The predicted octanol–water partition coefficient (Wildman–Crippen LogP) is 6.21. The van der Waals surface area contributed by atoms with Crippen LogP contribution in [0.3, 0.4) is 0 Å². The Morgan fingerprint density at radius 2 is 1.93 bits per heavy atom. The van der Waals surface area contributed by atoms with E-state index in [1.165, 1.54) is 23.7 Å². The third-order valence-corrected chi connectivity index (χ3v) is 9.01. The summed E-state index contributed by atoms with van der Waals surface area (Å²) in [5, 5.41) is 3.19. The molecule has 2 aromatic heterocycles. The first-order valence-corrected chi connectivity index (χ1v) is 15.7. The Bertz CT molecular complexity index is 1470. The van der Waals surface area contributed by atoms with Gasteiger partial charge >= 0.3 is 12.1 Å². The third kappa shape index (κ3) is 7.76. The molecular formula is C29H34ClF4N7O2S. The van der Waals surface area contributed by atoms with Gasteiger partial charge < -0.3 is 15.0 Å². The van der Waals surface area contributed by atoms with Gasteiger partial charge in [0.05, 0.1) is 24.3 Å². The average Bonchev–Trinajstić information content (AvgIpc) is 3.58. The summed E-state index contributed by atoms with van der Waals surface area (Å²) in [6.45, 7) is 8.41. The smallest absolute Gasteiger partial charge is 0.416 e. The highest BCUT2D eigenvalue weighted by Crippen LogP contribution is 2.39. The number of carbonyl (C=O) groups is 1. The number of piperazine rings is 1. The number of halogens is 5. The summed E-state index contributed by atoms with van der Waals surface area (Å²) in [4.78, 5) is 31.5. The average molecular weight is 656 g/mol. The molecule has 9 nitrogen and oxygen atoms in total. The topological polar surface area (TPSA) is 86.7 Å². The molecule has 0 bridgehead atoms. The highest BCUT2D eigenvalue weighted by atomic mass is 35.5. The molecule has 44 heavy (non-hydrogen) atoms. The van der Waals surface area contributed by atoms with Crippen molar-refractivity contribution in [2.45, 2.75) is 51.9 Å². The molecule has 2 saturated heterocycles. The first kappa shape index (κ1) is 32.3. The lowest BCUT2D eigenvalue weighted by atomic mass is 10.1. The third-order valence-electron chi connectivity index (χ3n) is 7.84. The van der Waals surface area contributed by atoms with Gasteiger partial charge in [-0.05, 0) is 51.4 Å². The highest BCUT2D eigenvalue weighted by molar-refractivity contribution is 7.16. The molecule has 0 spiro atoms. The van der Waals surface area contributed by atoms with Gasteiger partial charge in [-0.1, -0.05) is 22.9 Å². The quantitative estimate of drug-likeness (QED) is 0.202. The number of hydrogen-bond acceptors (Lipinski definition) is 10. The van der Waals surface area contributed by atoms with Crippen LogP contribution in [-0.4, -0.2) is 82.6 Å². The van der Waals surface area contributed by atoms with Gasteiger partial charge in [-0.3, -0.25) is 14.6 Å². The molecule has 0 saturated carbocycles. The van der Waals surface area contributed by atoms with Crippen LogP contribution in [-0.2, 0) is 22.3 Å².